The SMILES string of the molecule is c1ccc2c(c1)CCCc1nsnc1-2. The average molecular weight is 202 g/mol. The molecule has 1 heterocycles. The van der Waals surface area contributed by atoms with E-state index in [9.17, 15) is 0 Å². The molecular formula is C11H10N2S. The number of rotatable bonds is 0. The third kappa shape index (κ3) is 1.16. The van der Waals surface area contributed by atoms with Crippen molar-refractivity contribution >= 4 is 11.7 Å². The first-order chi connectivity index (χ1) is 6.95. The fraction of sp³-hybridized carbons (Fsp3) is 0.273. The van der Waals surface area contributed by atoms with Crippen LogP contribution in [0.1, 0.15) is 17.7 Å². The lowest BCUT2D eigenvalue weighted by Gasteiger charge is -2.02. The largest absolute Gasteiger partial charge is 0.177 e. The first-order valence-electron chi connectivity index (χ1n) is 4.85. The van der Waals surface area contributed by atoms with E-state index in [0.717, 1.165) is 18.5 Å². The molecule has 0 saturated carbocycles. The Morgan fingerprint density at radius 2 is 2.00 bits per heavy atom. The Balaban J connectivity index is 2.27. The molecule has 14 heavy (non-hydrogen) atoms. The third-order valence-corrected chi connectivity index (χ3v) is 3.25. The standard InChI is InChI=1S/C11H10N2S/c1-2-6-9-8(4-1)5-3-7-10-11(9)13-14-12-10/h1-2,4,6H,3,5,7H2. The maximum absolute atomic E-state index is 4.39. The number of fused-ring (bicyclic) bond motifs is 3. The molecule has 0 atom stereocenters. The third-order valence-electron chi connectivity index (χ3n) is 2.69. The van der Waals surface area contributed by atoms with E-state index in [1.807, 2.05) is 0 Å². The molecule has 3 heteroatoms. The smallest absolute Gasteiger partial charge is 0.108 e. The van der Waals surface area contributed by atoms with Gasteiger partial charge in [0.05, 0.1) is 17.4 Å². The van der Waals surface area contributed by atoms with Crippen LogP contribution in [-0.2, 0) is 12.8 Å². The van der Waals surface area contributed by atoms with Gasteiger partial charge in [0.2, 0.25) is 0 Å². The maximum atomic E-state index is 4.39. The Morgan fingerprint density at radius 1 is 1.07 bits per heavy atom. The molecule has 70 valence electrons. The van der Waals surface area contributed by atoms with Gasteiger partial charge in [-0.1, -0.05) is 24.3 Å². The molecule has 0 spiro atoms. The van der Waals surface area contributed by atoms with Gasteiger partial charge >= 0.3 is 0 Å². The zero-order valence-electron chi connectivity index (χ0n) is 7.73. The van der Waals surface area contributed by atoms with Crippen molar-refractivity contribution in [2.75, 3.05) is 0 Å². The highest BCUT2D eigenvalue weighted by Gasteiger charge is 2.16. The van der Waals surface area contributed by atoms with Crippen molar-refractivity contribution < 1.29 is 0 Å². The summed E-state index contributed by atoms with van der Waals surface area (Å²) in [6, 6.07) is 8.53. The van der Waals surface area contributed by atoms with E-state index in [-0.39, 0.29) is 0 Å². The van der Waals surface area contributed by atoms with Crippen molar-refractivity contribution in [3.05, 3.63) is 35.5 Å². The van der Waals surface area contributed by atoms with Gasteiger partial charge in [-0.05, 0) is 24.8 Å². The lowest BCUT2D eigenvalue weighted by Crippen LogP contribution is -1.86. The molecule has 0 amide bonds. The van der Waals surface area contributed by atoms with Gasteiger partial charge in [-0.2, -0.15) is 8.75 Å². The van der Waals surface area contributed by atoms with E-state index in [2.05, 4.69) is 33.0 Å². The molecule has 2 aromatic rings. The number of aryl methyl sites for hydroxylation is 2. The Labute approximate surface area is 86.9 Å². The van der Waals surface area contributed by atoms with Gasteiger partial charge in [0.25, 0.3) is 0 Å². The monoisotopic (exact) mass is 202 g/mol. The van der Waals surface area contributed by atoms with E-state index in [0.29, 0.717) is 0 Å². The second kappa shape index (κ2) is 3.17. The van der Waals surface area contributed by atoms with Crippen molar-refractivity contribution in [3.63, 3.8) is 0 Å². The van der Waals surface area contributed by atoms with Crippen LogP contribution in [0.15, 0.2) is 24.3 Å². The van der Waals surface area contributed by atoms with Crippen molar-refractivity contribution in [1.82, 2.24) is 8.75 Å². The number of nitrogens with zero attached hydrogens (tertiary/aromatic N) is 2. The quantitative estimate of drug-likeness (QED) is 0.656. The summed E-state index contributed by atoms with van der Waals surface area (Å²) in [6.45, 7) is 0. The molecular weight excluding hydrogens is 192 g/mol. The van der Waals surface area contributed by atoms with Gasteiger partial charge in [0.15, 0.2) is 0 Å². The minimum Gasteiger partial charge on any atom is -0.177 e. The second-order valence-corrected chi connectivity index (χ2v) is 4.10. The molecule has 2 nitrogen and oxygen atoms in total. The molecule has 1 aliphatic carbocycles. The molecule has 1 aromatic heterocycles. The van der Waals surface area contributed by atoms with Crippen LogP contribution in [0.4, 0.5) is 0 Å². The number of hydrogen-bond donors (Lipinski definition) is 0. The van der Waals surface area contributed by atoms with Gasteiger partial charge in [-0.15, -0.1) is 0 Å². The zero-order chi connectivity index (χ0) is 9.38. The molecule has 0 fully saturated rings. The van der Waals surface area contributed by atoms with Crippen LogP contribution in [0, 0.1) is 0 Å². The maximum Gasteiger partial charge on any atom is 0.108 e. The van der Waals surface area contributed by atoms with Crippen LogP contribution in [-0.4, -0.2) is 8.75 Å². The summed E-state index contributed by atoms with van der Waals surface area (Å²) >= 11 is 1.33. The number of hydrogen-bond acceptors (Lipinski definition) is 3. The van der Waals surface area contributed by atoms with Crippen LogP contribution < -0.4 is 0 Å². The van der Waals surface area contributed by atoms with E-state index >= 15 is 0 Å². The lowest BCUT2D eigenvalue weighted by molar-refractivity contribution is 0.822. The Kier molecular flexibility index (Phi) is 1.84. The summed E-state index contributed by atoms with van der Waals surface area (Å²) in [5.41, 5.74) is 5.00. The van der Waals surface area contributed by atoms with Gasteiger partial charge in [0, 0.05) is 5.56 Å². The second-order valence-electron chi connectivity index (χ2n) is 3.57. The molecule has 0 radical (unpaired) electrons. The van der Waals surface area contributed by atoms with E-state index < -0.39 is 0 Å². The first-order valence-corrected chi connectivity index (χ1v) is 5.58. The molecule has 0 saturated heterocycles. The number of benzene rings is 1. The van der Waals surface area contributed by atoms with Crippen LogP contribution in [0.2, 0.25) is 0 Å². The van der Waals surface area contributed by atoms with E-state index in [1.54, 1.807) is 0 Å². The van der Waals surface area contributed by atoms with Crippen LogP contribution in [0.25, 0.3) is 11.3 Å². The fourth-order valence-corrected chi connectivity index (χ4v) is 2.59. The summed E-state index contributed by atoms with van der Waals surface area (Å²) in [5, 5.41) is 0. The number of aromatic nitrogens is 2. The average Bonchev–Trinajstić information content (AvgIpc) is 2.61. The van der Waals surface area contributed by atoms with Crippen LogP contribution in [0.5, 0.6) is 0 Å². The zero-order valence-corrected chi connectivity index (χ0v) is 8.55. The van der Waals surface area contributed by atoms with Crippen molar-refractivity contribution in [2.45, 2.75) is 19.3 Å². The summed E-state index contributed by atoms with van der Waals surface area (Å²) in [4.78, 5) is 0. The highest BCUT2D eigenvalue weighted by Crippen LogP contribution is 2.30. The Morgan fingerprint density at radius 3 is 3.00 bits per heavy atom. The lowest BCUT2D eigenvalue weighted by atomic mass is 10.0. The van der Waals surface area contributed by atoms with Gasteiger partial charge in [0.1, 0.15) is 5.69 Å². The molecule has 1 aromatic carbocycles. The molecule has 3 rings (SSSR count). The molecule has 0 N–H and O–H groups in total. The molecule has 0 unspecified atom stereocenters. The van der Waals surface area contributed by atoms with Crippen LogP contribution >= 0.6 is 11.7 Å². The van der Waals surface area contributed by atoms with Crippen LogP contribution in [0.3, 0.4) is 0 Å². The highest BCUT2D eigenvalue weighted by molar-refractivity contribution is 6.99. The topological polar surface area (TPSA) is 25.8 Å². The van der Waals surface area contributed by atoms with Crippen molar-refractivity contribution in [1.29, 1.82) is 0 Å². The fourth-order valence-electron chi connectivity index (χ4n) is 1.99. The highest BCUT2D eigenvalue weighted by atomic mass is 32.1. The van der Waals surface area contributed by atoms with Gasteiger partial charge in [-0.25, -0.2) is 0 Å². The molecule has 0 aliphatic heterocycles. The molecule has 0 bridgehead atoms. The van der Waals surface area contributed by atoms with Gasteiger partial charge < -0.3 is 0 Å². The minimum atomic E-state index is 1.07. The Bertz CT molecular complexity index is 462. The van der Waals surface area contributed by atoms with E-state index in [4.69, 9.17) is 0 Å². The summed E-state index contributed by atoms with van der Waals surface area (Å²) in [6.07, 6.45) is 3.41. The van der Waals surface area contributed by atoms with Crippen molar-refractivity contribution in [3.8, 4) is 11.3 Å². The summed E-state index contributed by atoms with van der Waals surface area (Å²) < 4.78 is 8.73. The summed E-state index contributed by atoms with van der Waals surface area (Å²) in [7, 11) is 0. The normalized spacial score (nSPS) is 14.3. The summed E-state index contributed by atoms with van der Waals surface area (Å²) in [5.74, 6) is 0. The predicted molar refractivity (Wildman–Crippen MR) is 57.4 cm³/mol. The minimum absolute atomic E-state index is 1.07. The van der Waals surface area contributed by atoms with Crippen molar-refractivity contribution in [2.24, 2.45) is 0 Å². The van der Waals surface area contributed by atoms with Gasteiger partial charge in [-0.3, -0.25) is 0 Å². The Hall–Kier alpha value is -1.22. The molecule has 1 aliphatic rings. The predicted octanol–water partition coefficient (Wildman–Crippen LogP) is 2.69. The van der Waals surface area contributed by atoms with E-state index in [1.165, 1.54) is 35.0 Å². The first kappa shape index (κ1) is 8.12.